The highest BCUT2D eigenvalue weighted by atomic mass is 14.8. The van der Waals surface area contributed by atoms with Gasteiger partial charge in [-0.05, 0) is 19.5 Å². The van der Waals surface area contributed by atoms with Crippen LogP contribution in [0.4, 0.5) is 0 Å². The van der Waals surface area contributed by atoms with Crippen LogP contribution in [-0.2, 0) is 0 Å². The predicted octanol–water partition coefficient (Wildman–Crippen LogP) is 2.81. The molecule has 10 heavy (non-hydrogen) atoms. The molecule has 0 aliphatic heterocycles. The molecule has 0 amide bonds. The molecule has 0 aromatic carbocycles. The number of nitrogens with one attached hydrogen (secondary N) is 1. The summed E-state index contributed by atoms with van der Waals surface area (Å²) in [7, 11) is 0. The summed E-state index contributed by atoms with van der Waals surface area (Å²) < 4.78 is 0. The van der Waals surface area contributed by atoms with Crippen LogP contribution in [0.1, 0.15) is 47.0 Å². The average molecular weight is 145 g/mol. The predicted molar refractivity (Wildman–Crippen MR) is 49.4 cm³/mol. The Labute approximate surface area is 66.2 Å². The van der Waals surface area contributed by atoms with Crippen molar-refractivity contribution in [1.82, 2.24) is 5.32 Å². The van der Waals surface area contributed by atoms with Crippen LogP contribution in [0.5, 0.6) is 0 Å². The van der Waals surface area contributed by atoms with Crippen molar-refractivity contribution < 1.29 is 0 Å². The Balaban J connectivity index is 0. The zero-order valence-corrected chi connectivity index (χ0v) is 8.04. The van der Waals surface area contributed by atoms with Gasteiger partial charge in [0.15, 0.2) is 0 Å². The summed E-state index contributed by atoms with van der Waals surface area (Å²) in [6.07, 6.45) is 4.03. The number of unbranched alkanes of at least 4 members (excludes halogenated alkanes) is 2. The maximum atomic E-state index is 3.28. The topological polar surface area (TPSA) is 12.0 Å². The molecule has 0 heterocycles. The van der Waals surface area contributed by atoms with Gasteiger partial charge in [-0.3, -0.25) is 0 Å². The van der Waals surface area contributed by atoms with E-state index in [0.717, 1.165) is 6.54 Å². The largest absolute Gasteiger partial charge is 0.317 e. The van der Waals surface area contributed by atoms with Crippen LogP contribution in [0.25, 0.3) is 0 Å². The minimum Gasteiger partial charge on any atom is -0.317 e. The van der Waals surface area contributed by atoms with Crippen LogP contribution in [0.3, 0.4) is 0 Å². The van der Waals surface area contributed by atoms with Crippen LogP contribution in [0, 0.1) is 0 Å². The minimum absolute atomic E-state index is 1.11. The fourth-order valence-electron chi connectivity index (χ4n) is 0.677. The first-order chi connectivity index (χ1) is 4.91. The van der Waals surface area contributed by atoms with Gasteiger partial charge in [-0.2, -0.15) is 0 Å². The van der Waals surface area contributed by atoms with E-state index < -0.39 is 0 Å². The van der Waals surface area contributed by atoms with Gasteiger partial charge < -0.3 is 5.32 Å². The normalized spacial score (nSPS) is 8.40. The molecule has 0 aromatic heterocycles. The molecule has 64 valence electrons. The van der Waals surface area contributed by atoms with Gasteiger partial charge in [0.2, 0.25) is 0 Å². The van der Waals surface area contributed by atoms with Crippen molar-refractivity contribution in [2.75, 3.05) is 13.1 Å². The Morgan fingerprint density at radius 1 is 1.00 bits per heavy atom. The van der Waals surface area contributed by atoms with Gasteiger partial charge in [-0.25, -0.2) is 0 Å². The van der Waals surface area contributed by atoms with E-state index in [1.165, 1.54) is 25.8 Å². The van der Waals surface area contributed by atoms with Crippen molar-refractivity contribution in [2.45, 2.75) is 47.0 Å². The standard InChI is InChI=1S/C7H17N.C2H6/c1-3-5-6-7-8-4-2;1-2/h8H,3-7H2,1-2H3;1-2H3. The summed E-state index contributed by atoms with van der Waals surface area (Å²) in [6, 6.07) is 0. The van der Waals surface area contributed by atoms with Crippen molar-refractivity contribution in [3.05, 3.63) is 0 Å². The summed E-state index contributed by atoms with van der Waals surface area (Å²) in [4.78, 5) is 0. The summed E-state index contributed by atoms with van der Waals surface area (Å²) in [5.74, 6) is 0. The van der Waals surface area contributed by atoms with Gasteiger partial charge in [0.1, 0.15) is 0 Å². The molecule has 0 fully saturated rings. The molecular formula is C9H23N. The second kappa shape index (κ2) is 16.0. The Morgan fingerprint density at radius 2 is 1.60 bits per heavy atom. The third-order valence-corrected chi connectivity index (χ3v) is 1.21. The fourth-order valence-corrected chi connectivity index (χ4v) is 0.677. The lowest BCUT2D eigenvalue weighted by Crippen LogP contribution is -2.13. The van der Waals surface area contributed by atoms with E-state index in [1.807, 2.05) is 13.8 Å². The molecule has 0 aliphatic carbocycles. The van der Waals surface area contributed by atoms with Crippen molar-refractivity contribution in [3.8, 4) is 0 Å². The smallest absolute Gasteiger partial charge is 0.00490 e. The van der Waals surface area contributed by atoms with Crippen LogP contribution < -0.4 is 5.32 Å². The molecule has 0 bridgehead atoms. The highest BCUT2D eigenvalue weighted by Gasteiger charge is 1.81. The quantitative estimate of drug-likeness (QED) is 0.587. The molecule has 0 saturated heterocycles. The Kier molecular flexibility index (Phi) is 20.2. The Bertz CT molecular complexity index is 29.7. The van der Waals surface area contributed by atoms with E-state index in [4.69, 9.17) is 0 Å². The van der Waals surface area contributed by atoms with Crippen molar-refractivity contribution >= 4 is 0 Å². The van der Waals surface area contributed by atoms with Gasteiger partial charge in [0.05, 0.1) is 0 Å². The van der Waals surface area contributed by atoms with Crippen LogP contribution in [-0.4, -0.2) is 13.1 Å². The molecule has 0 saturated carbocycles. The third kappa shape index (κ3) is 15.7. The van der Waals surface area contributed by atoms with E-state index in [9.17, 15) is 0 Å². The summed E-state index contributed by atoms with van der Waals surface area (Å²) in [5, 5.41) is 3.28. The number of hydrogen-bond acceptors (Lipinski definition) is 1. The molecular weight excluding hydrogens is 122 g/mol. The second-order valence-electron chi connectivity index (χ2n) is 2.06. The van der Waals surface area contributed by atoms with Gasteiger partial charge in [0.25, 0.3) is 0 Å². The first-order valence-corrected chi connectivity index (χ1v) is 4.62. The number of rotatable bonds is 5. The van der Waals surface area contributed by atoms with Crippen molar-refractivity contribution in [3.63, 3.8) is 0 Å². The molecule has 0 rings (SSSR count). The SMILES string of the molecule is CC.CCCCCNCC. The lowest BCUT2D eigenvalue weighted by atomic mass is 10.2. The van der Waals surface area contributed by atoms with Gasteiger partial charge in [-0.15, -0.1) is 0 Å². The summed E-state index contributed by atoms with van der Waals surface area (Å²) in [5.41, 5.74) is 0. The number of hydrogen-bond donors (Lipinski definition) is 1. The fraction of sp³-hybridized carbons (Fsp3) is 1.00. The first-order valence-electron chi connectivity index (χ1n) is 4.62. The lowest BCUT2D eigenvalue weighted by molar-refractivity contribution is 0.633. The van der Waals surface area contributed by atoms with Crippen LogP contribution >= 0.6 is 0 Å². The van der Waals surface area contributed by atoms with Crippen molar-refractivity contribution in [1.29, 1.82) is 0 Å². The monoisotopic (exact) mass is 145 g/mol. The molecule has 0 aromatic rings. The van der Waals surface area contributed by atoms with Crippen LogP contribution in [0.2, 0.25) is 0 Å². The zero-order valence-electron chi connectivity index (χ0n) is 8.04. The van der Waals surface area contributed by atoms with Gasteiger partial charge in [0, 0.05) is 0 Å². The molecule has 0 aliphatic rings. The summed E-state index contributed by atoms with van der Waals surface area (Å²) in [6.45, 7) is 10.7. The third-order valence-electron chi connectivity index (χ3n) is 1.21. The molecule has 0 radical (unpaired) electrons. The molecule has 1 N–H and O–H groups in total. The zero-order chi connectivity index (χ0) is 8.24. The lowest BCUT2D eigenvalue weighted by Gasteiger charge is -1.97. The highest BCUT2D eigenvalue weighted by Crippen LogP contribution is 1.89. The Hall–Kier alpha value is -0.0400. The molecule has 1 nitrogen and oxygen atoms in total. The van der Waals surface area contributed by atoms with Crippen LogP contribution in [0.15, 0.2) is 0 Å². The Morgan fingerprint density at radius 3 is 2.00 bits per heavy atom. The second-order valence-corrected chi connectivity index (χ2v) is 2.06. The van der Waals surface area contributed by atoms with E-state index in [-0.39, 0.29) is 0 Å². The van der Waals surface area contributed by atoms with E-state index in [0.29, 0.717) is 0 Å². The average Bonchev–Trinajstić information content (AvgIpc) is 2.02. The van der Waals surface area contributed by atoms with Crippen molar-refractivity contribution in [2.24, 2.45) is 0 Å². The molecule has 0 atom stereocenters. The minimum atomic E-state index is 1.11. The summed E-state index contributed by atoms with van der Waals surface area (Å²) >= 11 is 0. The maximum Gasteiger partial charge on any atom is -0.00490 e. The van der Waals surface area contributed by atoms with E-state index in [2.05, 4.69) is 19.2 Å². The molecule has 0 unspecified atom stereocenters. The van der Waals surface area contributed by atoms with E-state index >= 15 is 0 Å². The van der Waals surface area contributed by atoms with E-state index in [1.54, 1.807) is 0 Å². The van der Waals surface area contributed by atoms with Gasteiger partial charge >= 0.3 is 0 Å². The van der Waals surface area contributed by atoms with Gasteiger partial charge in [-0.1, -0.05) is 40.5 Å². The molecule has 0 spiro atoms. The first kappa shape index (κ1) is 12.6. The highest BCUT2D eigenvalue weighted by molar-refractivity contribution is 4.42. The molecule has 1 heteroatoms. The maximum absolute atomic E-state index is 3.28.